The van der Waals surface area contributed by atoms with Crippen molar-refractivity contribution in [1.29, 1.82) is 0 Å². The number of benzene rings is 2. The fraction of sp³-hybridized carbons (Fsp3) is 0.381. The normalized spacial score (nSPS) is 15.3. The third-order valence-corrected chi connectivity index (χ3v) is 4.59. The number of carbonyl (C=O) groups is 1. The molecule has 0 aliphatic carbocycles. The summed E-state index contributed by atoms with van der Waals surface area (Å²) < 4.78 is 4.98. The van der Waals surface area contributed by atoms with Crippen molar-refractivity contribution in [2.24, 2.45) is 0 Å². The number of esters is 1. The Morgan fingerprint density at radius 3 is 2.79 bits per heavy atom. The summed E-state index contributed by atoms with van der Waals surface area (Å²) in [5, 5.41) is 2.63. The summed E-state index contributed by atoms with van der Waals surface area (Å²) in [7, 11) is 0. The molecule has 3 heteroatoms. The topological polar surface area (TPSA) is 29.5 Å². The highest BCUT2D eigenvalue weighted by molar-refractivity contribution is 5.94. The van der Waals surface area contributed by atoms with Crippen LogP contribution >= 0.6 is 0 Å². The molecule has 0 spiro atoms. The van der Waals surface area contributed by atoms with Crippen LogP contribution in [-0.2, 0) is 9.53 Å². The molecule has 0 amide bonds. The molecule has 24 heavy (non-hydrogen) atoms. The monoisotopic (exact) mass is 323 g/mol. The molecular formula is C21H25NO2. The van der Waals surface area contributed by atoms with E-state index in [0.717, 1.165) is 32.5 Å². The first kappa shape index (κ1) is 16.7. The number of hydrogen-bond acceptors (Lipinski definition) is 3. The van der Waals surface area contributed by atoms with E-state index in [0.29, 0.717) is 13.0 Å². The van der Waals surface area contributed by atoms with E-state index in [1.807, 2.05) is 6.92 Å². The zero-order valence-corrected chi connectivity index (χ0v) is 14.3. The minimum absolute atomic E-state index is 0.0819. The minimum atomic E-state index is -0.0819. The van der Waals surface area contributed by atoms with Gasteiger partial charge in [0.05, 0.1) is 6.61 Å². The predicted octanol–water partition coefficient (Wildman–Crippen LogP) is 4.27. The van der Waals surface area contributed by atoms with Crippen molar-refractivity contribution in [1.82, 2.24) is 4.90 Å². The summed E-state index contributed by atoms with van der Waals surface area (Å²) >= 11 is 0. The summed E-state index contributed by atoms with van der Waals surface area (Å²) in [4.78, 5) is 13.8. The Morgan fingerprint density at radius 2 is 2.00 bits per heavy atom. The Kier molecular flexibility index (Phi) is 5.65. The van der Waals surface area contributed by atoms with Crippen LogP contribution in [0.5, 0.6) is 0 Å². The molecule has 1 aliphatic rings. The van der Waals surface area contributed by atoms with Crippen molar-refractivity contribution in [3.63, 3.8) is 0 Å². The number of hydrogen-bond donors (Lipinski definition) is 0. The molecule has 3 nitrogen and oxygen atoms in total. The van der Waals surface area contributed by atoms with Gasteiger partial charge in [0, 0.05) is 19.5 Å². The Morgan fingerprint density at radius 1 is 1.17 bits per heavy atom. The van der Waals surface area contributed by atoms with E-state index in [9.17, 15) is 4.79 Å². The first-order valence-corrected chi connectivity index (χ1v) is 8.83. The molecule has 0 bridgehead atoms. The summed E-state index contributed by atoms with van der Waals surface area (Å²) in [6, 6.07) is 15.1. The highest BCUT2D eigenvalue weighted by Crippen LogP contribution is 2.29. The SMILES string of the molecule is CCOC(=O)CCCN1CC=C(c2cccc3ccccc23)CC1. The quantitative estimate of drug-likeness (QED) is 0.743. The van der Waals surface area contributed by atoms with Crippen LogP contribution in [0.2, 0.25) is 0 Å². The van der Waals surface area contributed by atoms with Crippen LogP contribution in [0.1, 0.15) is 31.7 Å². The van der Waals surface area contributed by atoms with Gasteiger partial charge < -0.3 is 4.74 Å². The number of carbonyl (C=O) groups excluding carboxylic acids is 1. The molecule has 1 aliphatic heterocycles. The predicted molar refractivity (Wildman–Crippen MR) is 98.8 cm³/mol. The van der Waals surface area contributed by atoms with Crippen LogP contribution < -0.4 is 0 Å². The Balaban J connectivity index is 1.60. The second kappa shape index (κ2) is 8.11. The molecule has 3 rings (SSSR count). The van der Waals surface area contributed by atoms with Gasteiger partial charge >= 0.3 is 5.97 Å². The molecule has 0 radical (unpaired) electrons. The summed E-state index contributed by atoms with van der Waals surface area (Å²) in [5.41, 5.74) is 2.80. The Hall–Kier alpha value is -2.13. The average Bonchev–Trinajstić information content (AvgIpc) is 2.62. The molecule has 0 saturated heterocycles. The molecule has 0 aromatic heterocycles. The molecule has 0 saturated carbocycles. The molecule has 1 heterocycles. The molecule has 0 N–H and O–H groups in total. The molecule has 0 atom stereocenters. The van der Waals surface area contributed by atoms with Gasteiger partial charge in [-0.2, -0.15) is 0 Å². The highest BCUT2D eigenvalue weighted by atomic mass is 16.5. The smallest absolute Gasteiger partial charge is 0.305 e. The number of rotatable bonds is 6. The molecule has 0 unspecified atom stereocenters. The first-order valence-electron chi connectivity index (χ1n) is 8.83. The van der Waals surface area contributed by atoms with Crippen molar-refractivity contribution in [2.45, 2.75) is 26.2 Å². The van der Waals surface area contributed by atoms with Gasteiger partial charge in [0.2, 0.25) is 0 Å². The van der Waals surface area contributed by atoms with Crippen molar-refractivity contribution >= 4 is 22.3 Å². The van der Waals surface area contributed by atoms with Crippen LogP contribution in [-0.4, -0.2) is 37.1 Å². The van der Waals surface area contributed by atoms with E-state index in [-0.39, 0.29) is 5.97 Å². The van der Waals surface area contributed by atoms with E-state index >= 15 is 0 Å². The molecular weight excluding hydrogens is 298 g/mol. The van der Waals surface area contributed by atoms with Gasteiger partial charge in [0.1, 0.15) is 0 Å². The molecule has 2 aromatic carbocycles. The van der Waals surface area contributed by atoms with Gasteiger partial charge in [-0.05, 0) is 48.2 Å². The van der Waals surface area contributed by atoms with Gasteiger partial charge in [-0.3, -0.25) is 9.69 Å². The van der Waals surface area contributed by atoms with Gasteiger partial charge in [-0.1, -0.05) is 48.5 Å². The lowest BCUT2D eigenvalue weighted by molar-refractivity contribution is -0.143. The Labute approximate surface area is 143 Å². The van der Waals surface area contributed by atoms with E-state index in [1.165, 1.54) is 21.9 Å². The summed E-state index contributed by atoms with van der Waals surface area (Å²) in [5.74, 6) is -0.0819. The van der Waals surface area contributed by atoms with Crippen molar-refractivity contribution < 1.29 is 9.53 Å². The van der Waals surface area contributed by atoms with Crippen molar-refractivity contribution in [3.8, 4) is 0 Å². The highest BCUT2D eigenvalue weighted by Gasteiger charge is 2.14. The third kappa shape index (κ3) is 4.04. The first-order chi connectivity index (χ1) is 11.8. The number of ether oxygens (including phenoxy) is 1. The average molecular weight is 323 g/mol. The molecule has 2 aromatic rings. The third-order valence-electron chi connectivity index (χ3n) is 4.59. The second-order valence-electron chi connectivity index (χ2n) is 6.22. The lowest BCUT2D eigenvalue weighted by atomic mass is 9.94. The van der Waals surface area contributed by atoms with Crippen molar-refractivity contribution in [2.75, 3.05) is 26.2 Å². The van der Waals surface area contributed by atoms with Gasteiger partial charge in [0.15, 0.2) is 0 Å². The lowest BCUT2D eigenvalue weighted by Crippen LogP contribution is -2.29. The minimum Gasteiger partial charge on any atom is -0.466 e. The zero-order chi connectivity index (χ0) is 16.8. The maximum Gasteiger partial charge on any atom is 0.305 e. The molecule has 0 fully saturated rings. The van der Waals surface area contributed by atoms with Crippen molar-refractivity contribution in [3.05, 3.63) is 54.1 Å². The number of nitrogens with zero attached hydrogens (tertiary/aromatic N) is 1. The van der Waals surface area contributed by atoms with Crippen LogP contribution in [0.25, 0.3) is 16.3 Å². The largest absolute Gasteiger partial charge is 0.466 e. The maximum atomic E-state index is 11.4. The van der Waals surface area contributed by atoms with Crippen LogP contribution in [0.15, 0.2) is 48.5 Å². The van der Waals surface area contributed by atoms with E-state index < -0.39 is 0 Å². The van der Waals surface area contributed by atoms with Crippen LogP contribution in [0, 0.1) is 0 Å². The maximum absolute atomic E-state index is 11.4. The standard InChI is InChI=1S/C21H25NO2/c1-2-24-21(23)11-6-14-22-15-12-18(13-16-22)20-10-5-8-17-7-3-4-9-19(17)20/h3-5,7-10,12H,2,6,11,13-16H2,1H3. The fourth-order valence-corrected chi connectivity index (χ4v) is 3.34. The number of fused-ring (bicyclic) bond motifs is 1. The fourth-order valence-electron chi connectivity index (χ4n) is 3.34. The van der Waals surface area contributed by atoms with E-state index in [4.69, 9.17) is 4.74 Å². The van der Waals surface area contributed by atoms with Gasteiger partial charge in [-0.25, -0.2) is 0 Å². The second-order valence-corrected chi connectivity index (χ2v) is 6.22. The summed E-state index contributed by atoms with van der Waals surface area (Å²) in [6.07, 6.45) is 4.80. The Bertz CT molecular complexity index is 730. The summed E-state index contributed by atoms with van der Waals surface area (Å²) in [6.45, 7) is 5.29. The zero-order valence-electron chi connectivity index (χ0n) is 14.3. The lowest BCUT2D eigenvalue weighted by Gasteiger charge is -2.26. The molecule has 126 valence electrons. The van der Waals surface area contributed by atoms with Crippen LogP contribution in [0.3, 0.4) is 0 Å². The van der Waals surface area contributed by atoms with Gasteiger partial charge in [-0.15, -0.1) is 0 Å². The van der Waals surface area contributed by atoms with E-state index in [1.54, 1.807) is 0 Å². The van der Waals surface area contributed by atoms with Crippen LogP contribution in [0.4, 0.5) is 0 Å². The van der Waals surface area contributed by atoms with Gasteiger partial charge in [0.25, 0.3) is 0 Å². The van der Waals surface area contributed by atoms with E-state index in [2.05, 4.69) is 53.4 Å².